The Hall–Kier alpha value is -2.08. The van der Waals surface area contributed by atoms with Crippen molar-refractivity contribution in [2.24, 2.45) is 5.11 Å². The number of ether oxygens (including phenoxy) is 3. The zero-order valence-corrected chi connectivity index (χ0v) is 11.9. The minimum atomic E-state index is -0.639. The van der Waals surface area contributed by atoms with Gasteiger partial charge in [-0.15, -0.1) is 0 Å². The molecule has 112 valence electrons. The predicted molar refractivity (Wildman–Crippen MR) is 74.5 cm³/mol. The van der Waals surface area contributed by atoms with Gasteiger partial charge in [0.1, 0.15) is 6.10 Å². The van der Waals surface area contributed by atoms with Crippen molar-refractivity contribution in [3.63, 3.8) is 0 Å². The summed E-state index contributed by atoms with van der Waals surface area (Å²) in [5, 5.41) is 3.70. The molecule has 1 aromatic rings. The molecule has 2 rings (SSSR count). The minimum Gasteiger partial charge on any atom is -0.456 e. The van der Waals surface area contributed by atoms with Crippen molar-refractivity contribution in [3.05, 3.63) is 46.3 Å². The Balaban J connectivity index is 2.12. The van der Waals surface area contributed by atoms with E-state index in [0.29, 0.717) is 12.0 Å². The van der Waals surface area contributed by atoms with Gasteiger partial charge < -0.3 is 14.2 Å². The lowest BCUT2D eigenvalue weighted by atomic mass is 10.00. The first-order valence-electron chi connectivity index (χ1n) is 6.64. The molecule has 0 amide bonds. The summed E-state index contributed by atoms with van der Waals surface area (Å²) >= 11 is 0. The second-order valence-corrected chi connectivity index (χ2v) is 4.75. The summed E-state index contributed by atoms with van der Waals surface area (Å²) in [4.78, 5) is 14.9. The maximum Gasteiger partial charge on any atom is 0.338 e. The first-order chi connectivity index (χ1) is 10.2. The molecule has 1 saturated heterocycles. The number of carbonyl (C=O) groups excluding carboxylic acids is 1. The average molecular weight is 291 g/mol. The van der Waals surface area contributed by atoms with Crippen molar-refractivity contribution in [1.29, 1.82) is 0 Å². The van der Waals surface area contributed by atoms with Gasteiger partial charge in [0, 0.05) is 18.4 Å². The molecule has 1 aliphatic rings. The summed E-state index contributed by atoms with van der Waals surface area (Å²) in [7, 11) is 1.51. The molecular formula is C14H17N3O4. The van der Waals surface area contributed by atoms with Crippen LogP contribution in [0.3, 0.4) is 0 Å². The fourth-order valence-electron chi connectivity index (χ4n) is 2.29. The monoisotopic (exact) mass is 291 g/mol. The Morgan fingerprint density at radius 1 is 1.43 bits per heavy atom. The highest BCUT2D eigenvalue weighted by Crippen LogP contribution is 2.26. The fourth-order valence-corrected chi connectivity index (χ4v) is 2.29. The Morgan fingerprint density at radius 2 is 2.14 bits per heavy atom. The molecule has 4 atom stereocenters. The Bertz CT molecular complexity index is 530. The molecule has 0 spiro atoms. The van der Waals surface area contributed by atoms with Gasteiger partial charge in [0.25, 0.3) is 0 Å². The van der Waals surface area contributed by atoms with E-state index in [4.69, 9.17) is 19.7 Å². The van der Waals surface area contributed by atoms with Crippen LogP contribution in [0, 0.1) is 0 Å². The molecule has 0 aliphatic carbocycles. The predicted octanol–water partition coefficient (Wildman–Crippen LogP) is 2.67. The minimum absolute atomic E-state index is 0.345. The highest BCUT2D eigenvalue weighted by molar-refractivity contribution is 5.89. The second-order valence-electron chi connectivity index (χ2n) is 4.75. The molecular weight excluding hydrogens is 274 g/mol. The summed E-state index contributed by atoms with van der Waals surface area (Å²) in [6.45, 7) is 1.76. The van der Waals surface area contributed by atoms with Gasteiger partial charge in [-0.3, -0.25) is 0 Å². The third-order valence-electron chi connectivity index (χ3n) is 3.36. The molecule has 0 unspecified atom stereocenters. The summed E-state index contributed by atoms with van der Waals surface area (Å²) in [5.74, 6) is -0.468. The van der Waals surface area contributed by atoms with E-state index in [2.05, 4.69) is 10.0 Å². The van der Waals surface area contributed by atoms with Crippen molar-refractivity contribution in [1.82, 2.24) is 0 Å². The standard InChI is InChI=1S/C14H17N3O4/c1-9-13(11(16-17-15)8-12(19-2)20-9)21-14(18)10-6-4-3-5-7-10/h3-7,9,11-13H,8H2,1-2H3/t9-,11-,12+,13+/m0/s1. The summed E-state index contributed by atoms with van der Waals surface area (Å²) in [5.41, 5.74) is 9.11. The number of azide groups is 1. The van der Waals surface area contributed by atoms with Gasteiger partial charge >= 0.3 is 5.97 Å². The SMILES string of the molecule is CO[C@H]1C[C@H](N=[N+]=[N-])[C@H](OC(=O)c2ccccc2)[C@H](C)O1. The van der Waals surface area contributed by atoms with Crippen LogP contribution in [0.5, 0.6) is 0 Å². The maximum atomic E-state index is 12.1. The van der Waals surface area contributed by atoms with Crippen LogP contribution in [0.15, 0.2) is 35.4 Å². The van der Waals surface area contributed by atoms with E-state index < -0.39 is 30.5 Å². The lowest BCUT2D eigenvalue weighted by molar-refractivity contribution is -0.211. The first kappa shape index (κ1) is 15.3. The van der Waals surface area contributed by atoms with E-state index in [1.54, 1.807) is 31.2 Å². The van der Waals surface area contributed by atoms with Crippen molar-refractivity contribution >= 4 is 5.97 Å². The Labute approximate surface area is 122 Å². The van der Waals surface area contributed by atoms with Gasteiger partial charge in [-0.05, 0) is 24.6 Å². The van der Waals surface area contributed by atoms with Crippen LogP contribution in [-0.4, -0.2) is 37.6 Å². The molecule has 0 N–H and O–H groups in total. The zero-order valence-electron chi connectivity index (χ0n) is 11.9. The lowest BCUT2D eigenvalue weighted by Crippen LogP contribution is -2.48. The maximum absolute atomic E-state index is 12.1. The summed E-state index contributed by atoms with van der Waals surface area (Å²) in [6.07, 6.45) is -1.19. The van der Waals surface area contributed by atoms with Crippen LogP contribution in [0.4, 0.5) is 0 Å². The number of benzene rings is 1. The topological polar surface area (TPSA) is 93.5 Å². The van der Waals surface area contributed by atoms with E-state index in [1.807, 2.05) is 6.07 Å². The second kappa shape index (κ2) is 7.08. The highest BCUT2D eigenvalue weighted by Gasteiger charge is 2.39. The van der Waals surface area contributed by atoms with Crippen molar-refractivity contribution in [2.75, 3.05) is 7.11 Å². The molecule has 7 heteroatoms. The number of hydrogen-bond acceptors (Lipinski definition) is 5. The van der Waals surface area contributed by atoms with Crippen LogP contribution in [-0.2, 0) is 14.2 Å². The number of rotatable bonds is 4. The van der Waals surface area contributed by atoms with Gasteiger partial charge in [-0.25, -0.2) is 4.79 Å². The number of hydrogen-bond donors (Lipinski definition) is 0. The first-order valence-corrected chi connectivity index (χ1v) is 6.64. The lowest BCUT2D eigenvalue weighted by Gasteiger charge is -2.37. The molecule has 0 saturated carbocycles. The van der Waals surface area contributed by atoms with E-state index in [9.17, 15) is 4.79 Å². The zero-order chi connectivity index (χ0) is 15.2. The van der Waals surface area contributed by atoms with E-state index in [-0.39, 0.29) is 0 Å². The third-order valence-corrected chi connectivity index (χ3v) is 3.36. The van der Waals surface area contributed by atoms with Gasteiger partial charge in [-0.1, -0.05) is 23.3 Å². The van der Waals surface area contributed by atoms with E-state index in [0.717, 1.165) is 0 Å². The Kier molecular flexibility index (Phi) is 5.16. The van der Waals surface area contributed by atoms with Gasteiger partial charge in [-0.2, -0.15) is 0 Å². The van der Waals surface area contributed by atoms with E-state index >= 15 is 0 Å². The molecule has 7 nitrogen and oxygen atoms in total. The molecule has 0 aromatic heterocycles. The van der Waals surface area contributed by atoms with Gasteiger partial charge in [0.05, 0.1) is 17.7 Å². The number of esters is 1. The van der Waals surface area contributed by atoms with Gasteiger partial charge in [0.2, 0.25) is 0 Å². The molecule has 1 aromatic carbocycles. The van der Waals surface area contributed by atoms with Crippen LogP contribution in [0.25, 0.3) is 10.4 Å². The fraction of sp³-hybridized carbons (Fsp3) is 0.500. The number of nitrogens with zero attached hydrogens (tertiary/aromatic N) is 3. The number of carbonyl (C=O) groups is 1. The van der Waals surface area contributed by atoms with Crippen molar-refractivity contribution in [2.45, 2.75) is 37.9 Å². The van der Waals surface area contributed by atoms with Crippen LogP contribution < -0.4 is 0 Å². The molecule has 1 aliphatic heterocycles. The van der Waals surface area contributed by atoms with Crippen LogP contribution in [0.1, 0.15) is 23.7 Å². The van der Waals surface area contributed by atoms with Crippen LogP contribution in [0.2, 0.25) is 0 Å². The Morgan fingerprint density at radius 3 is 2.76 bits per heavy atom. The molecule has 1 fully saturated rings. The molecule has 0 bridgehead atoms. The summed E-state index contributed by atoms with van der Waals surface area (Å²) < 4.78 is 16.2. The van der Waals surface area contributed by atoms with Crippen molar-refractivity contribution < 1.29 is 19.0 Å². The van der Waals surface area contributed by atoms with Crippen molar-refractivity contribution in [3.8, 4) is 0 Å². The van der Waals surface area contributed by atoms with Crippen LogP contribution >= 0.6 is 0 Å². The summed E-state index contributed by atoms with van der Waals surface area (Å²) in [6, 6.07) is 8.13. The van der Waals surface area contributed by atoms with Gasteiger partial charge in [0.15, 0.2) is 6.29 Å². The normalized spacial score (nSPS) is 28.5. The molecule has 21 heavy (non-hydrogen) atoms. The highest BCUT2D eigenvalue weighted by atomic mass is 16.7. The quantitative estimate of drug-likeness (QED) is 0.369. The smallest absolute Gasteiger partial charge is 0.338 e. The molecule has 1 heterocycles. The third kappa shape index (κ3) is 3.72. The largest absolute Gasteiger partial charge is 0.456 e. The van der Waals surface area contributed by atoms with E-state index in [1.165, 1.54) is 7.11 Å². The molecule has 0 radical (unpaired) electrons. The number of methoxy groups -OCH3 is 1. The average Bonchev–Trinajstić information content (AvgIpc) is 2.51.